The lowest BCUT2D eigenvalue weighted by Gasteiger charge is -2.20. The second-order valence-electron chi connectivity index (χ2n) is 5.80. The van der Waals surface area contributed by atoms with Gasteiger partial charge in [0.15, 0.2) is 0 Å². The molecule has 0 radical (unpaired) electrons. The zero-order valence-corrected chi connectivity index (χ0v) is 14.0. The van der Waals surface area contributed by atoms with E-state index >= 15 is 0 Å². The van der Waals surface area contributed by atoms with Crippen molar-refractivity contribution in [3.63, 3.8) is 0 Å². The summed E-state index contributed by atoms with van der Waals surface area (Å²) < 4.78 is 0. The molecule has 2 aromatic rings. The molecule has 0 aliphatic carbocycles. The summed E-state index contributed by atoms with van der Waals surface area (Å²) in [5.74, 6) is -0.137. The number of benzene rings is 1. The molecule has 1 N–H and O–H groups in total. The molecule has 0 atom stereocenters. The normalized spacial score (nSPS) is 10.6. The van der Waals surface area contributed by atoms with E-state index < -0.39 is 0 Å². The van der Waals surface area contributed by atoms with Crippen LogP contribution in [0.15, 0.2) is 48.7 Å². The van der Waals surface area contributed by atoms with E-state index in [0.29, 0.717) is 12.2 Å². The number of carbonyl (C=O) groups excluding carboxylic acids is 1. The maximum atomic E-state index is 12.1. The summed E-state index contributed by atoms with van der Waals surface area (Å²) in [5.41, 5.74) is 2.64. The zero-order chi connectivity index (χ0) is 16.7. The first-order chi connectivity index (χ1) is 11.1. The van der Waals surface area contributed by atoms with Crippen molar-refractivity contribution in [3.8, 4) is 0 Å². The maximum Gasteiger partial charge on any atom is 0.269 e. The molecule has 5 heteroatoms. The largest absolute Gasteiger partial charge is 0.370 e. The lowest BCUT2D eigenvalue weighted by molar-refractivity contribution is 0.0946. The van der Waals surface area contributed by atoms with Crippen molar-refractivity contribution in [1.82, 2.24) is 15.2 Å². The van der Waals surface area contributed by atoms with Gasteiger partial charge in [0, 0.05) is 38.6 Å². The summed E-state index contributed by atoms with van der Waals surface area (Å²) >= 11 is 0. The number of amides is 1. The number of hydrogen-bond acceptors (Lipinski definition) is 4. The zero-order valence-electron chi connectivity index (χ0n) is 14.0. The van der Waals surface area contributed by atoms with Crippen molar-refractivity contribution in [2.24, 2.45) is 0 Å². The minimum Gasteiger partial charge on any atom is -0.370 e. The van der Waals surface area contributed by atoms with E-state index in [1.165, 1.54) is 5.56 Å². The number of hydrogen-bond donors (Lipinski definition) is 1. The number of anilines is 1. The van der Waals surface area contributed by atoms with E-state index in [0.717, 1.165) is 18.8 Å². The van der Waals surface area contributed by atoms with Gasteiger partial charge in [-0.1, -0.05) is 30.3 Å². The van der Waals surface area contributed by atoms with Crippen molar-refractivity contribution in [2.75, 3.05) is 39.1 Å². The highest BCUT2D eigenvalue weighted by molar-refractivity contribution is 5.93. The van der Waals surface area contributed by atoms with Gasteiger partial charge in [-0.05, 0) is 31.8 Å². The molecular weight excluding hydrogens is 288 g/mol. The average Bonchev–Trinajstić information content (AvgIpc) is 2.55. The van der Waals surface area contributed by atoms with Gasteiger partial charge in [-0.2, -0.15) is 0 Å². The molecule has 0 unspecified atom stereocenters. The Balaban J connectivity index is 1.99. The number of nitrogens with one attached hydrogen (secondary N) is 1. The van der Waals surface area contributed by atoms with Crippen molar-refractivity contribution in [1.29, 1.82) is 0 Å². The molecule has 0 bridgehead atoms. The molecule has 1 aromatic heterocycles. The highest BCUT2D eigenvalue weighted by Crippen LogP contribution is 2.15. The Hall–Kier alpha value is -2.40. The van der Waals surface area contributed by atoms with E-state index in [4.69, 9.17) is 0 Å². The van der Waals surface area contributed by atoms with Crippen LogP contribution in [0.5, 0.6) is 0 Å². The number of aromatic nitrogens is 1. The number of rotatable bonds is 7. The summed E-state index contributed by atoms with van der Waals surface area (Å²) in [6.07, 6.45) is 1.68. The lowest BCUT2D eigenvalue weighted by atomic mass is 10.2. The third-order valence-electron chi connectivity index (χ3n) is 3.52. The predicted molar refractivity (Wildman–Crippen MR) is 93.7 cm³/mol. The highest BCUT2D eigenvalue weighted by Gasteiger charge is 2.09. The van der Waals surface area contributed by atoms with E-state index in [1.54, 1.807) is 6.20 Å². The van der Waals surface area contributed by atoms with Crippen LogP contribution in [0.4, 0.5) is 5.69 Å². The fraction of sp³-hybridized carbons (Fsp3) is 0.333. The molecule has 1 amide bonds. The van der Waals surface area contributed by atoms with Crippen LogP contribution in [0.3, 0.4) is 0 Å². The van der Waals surface area contributed by atoms with Crippen LogP contribution in [0.1, 0.15) is 16.1 Å². The van der Waals surface area contributed by atoms with E-state index in [-0.39, 0.29) is 5.91 Å². The Morgan fingerprint density at radius 1 is 1.13 bits per heavy atom. The molecule has 0 aliphatic heterocycles. The smallest absolute Gasteiger partial charge is 0.269 e. The van der Waals surface area contributed by atoms with Crippen LogP contribution >= 0.6 is 0 Å². The van der Waals surface area contributed by atoms with Gasteiger partial charge in [0.2, 0.25) is 0 Å². The highest BCUT2D eigenvalue weighted by atomic mass is 16.1. The Labute approximate surface area is 137 Å². The predicted octanol–water partition coefficient (Wildman–Crippen LogP) is 2.01. The van der Waals surface area contributed by atoms with Gasteiger partial charge in [-0.3, -0.25) is 9.78 Å². The van der Waals surface area contributed by atoms with Gasteiger partial charge in [0.1, 0.15) is 5.69 Å². The lowest BCUT2D eigenvalue weighted by Crippen LogP contribution is -2.32. The van der Waals surface area contributed by atoms with Crippen molar-refractivity contribution in [3.05, 3.63) is 59.9 Å². The fourth-order valence-electron chi connectivity index (χ4n) is 2.21. The summed E-state index contributed by atoms with van der Waals surface area (Å²) in [7, 11) is 5.96. The third kappa shape index (κ3) is 5.38. The molecule has 0 spiro atoms. The van der Waals surface area contributed by atoms with Crippen molar-refractivity contribution >= 4 is 11.6 Å². The second-order valence-corrected chi connectivity index (χ2v) is 5.80. The van der Waals surface area contributed by atoms with Crippen molar-refractivity contribution < 1.29 is 4.79 Å². The van der Waals surface area contributed by atoms with Crippen molar-refractivity contribution in [2.45, 2.75) is 6.54 Å². The third-order valence-corrected chi connectivity index (χ3v) is 3.52. The molecule has 0 saturated carbocycles. The summed E-state index contributed by atoms with van der Waals surface area (Å²) in [6, 6.07) is 14.0. The molecule has 122 valence electrons. The SMILES string of the molecule is CN(C)CCNC(=O)c1cc(N(C)Cc2ccccc2)ccn1. The molecule has 0 saturated heterocycles. The monoisotopic (exact) mass is 312 g/mol. The summed E-state index contributed by atoms with van der Waals surface area (Å²) in [4.78, 5) is 20.5. The minimum atomic E-state index is -0.137. The van der Waals surface area contributed by atoms with Gasteiger partial charge in [-0.15, -0.1) is 0 Å². The molecule has 5 nitrogen and oxygen atoms in total. The van der Waals surface area contributed by atoms with Crippen LogP contribution in [0.2, 0.25) is 0 Å². The minimum absolute atomic E-state index is 0.137. The molecule has 1 aromatic carbocycles. The van der Waals surface area contributed by atoms with Crippen LogP contribution in [0.25, 0.3) is 0 Å². The fourth-order valence-corrected chi connectivity index (χ4v) is 2.21. The van der Waals surface area contributed by atoms with E-state index in [1.807, 2.05) is 56.4 Å². The Bertz CT molecular complexity index is 628. The first-order valence-electron chi connectivity index (χ1n) is 7.70. The van der Waals surface area contributed by atoms with E-state index in [9.17, 15) is 4.79 Å². The van der Waals surface area contributed by atoms with Gasteiger partial charge >= 0.3 is 0 Å². The average molecular weight is 312 g/mol. The van der Waals surface area contributed by atoms with Crippen LogP contribution in [-0.2, 0) is 6.54 Å². The van der Waals surface area contributed by atoms with E-state index in [2.05, 4.69) is 27.3 Å². The van der Waals surface area contributed by atoms with Gasteiger partial charge in [0.05, 0.1) is 0 Å². The van der Waals surface area contributed by atoms with Crippen LogP contribution in [0, 0.1) is 0 Å². The molecule has 23 heavy (non-hydrogen) atoms. The molecule has 0 aliphatic rings. The Kier molecular flexibility index (Phi) is 6.11. The number of pyridine rings is 1. The standard InChI is InChI=1S/C18H24N4O/c1-21(2)12-11-20-18(23)17-13-16(9-10-19-17)22(3)14-15-7-5-4-6-8-15/h4-10,13H,11-12,14H2,1-3H3,(H,20,23). The van der Waals surface area contributed by atoms with Gasteiger partial charge < -0.3 is 15.1 Å². The Morgan fingerprint density at radius 2 is 1.87 bits per heavy atom. The maximum absolute atomic E-state index is 12.1. The molecular formula is C18H24N4O. The molecule has 1 heterocycles. The summed E-state index contributed by atoms with van der Waals surface area (Å²) in [5, 5.41) is 2.88. The van der Waals surface area contributed by atoms with Crippen LogP contribution in [-0.4, -0.2) is 50.0 Å². The summed E-state index contributed by atoms with van der Waals surface area (Å²) in [6.45, 7) is 2.20. The Morgan fingerprint density at radius 3 is 2.57 bits per heavy atom. The number of nitrogens with zero attached hydrogens (tertiary/aromatic N) is 3. The molecule has 2 rings (SSSR count). The number of likely N-dealkylation sites (N-methyl/N-ethyl adjacent to an activating group) is 1. The number of carbonyl (C=O) groups is 1. The van der Waals surface area contributed by atoms with Gasteiger partial charge in [-0.25, -0.2) is 0 Å². The van der Waals surface area contributed by atoms with Crippen LogP contribution < -0.4 is 10.2 Å². The second kappa shape index (κ2) is 8.29. The topological polar surface area (TPSA) is 48.5 Å². The quantitative estimate of drug-likeness (QED) is 0.850. The van der Waals surface area contributed by atoms with Gasteiger partial charge in [0.25, 0.3) is 5.91 Å². The first-order valence-corrected chi connectivity index (χ1v) is 7.70. The molecule has 0 fully saturated rings. The first kappa shape index (κ1) is 17.0.